The molecule has 0 saturated heterocycles. The summed E-state index contributed by atoms with van der Waals surface area (Å²) in [4.78, 5) is 4.05. The molecule has 0 amide bonds. The van der Waals surface area contributed by atoms with Gasteiger partial charge in [-0.2, -0.15) is 0 Å². The average Bonchev–Trinajstić information content (AvgIpc) is 2.26. The van der Waals surface area contributed by atoms with Gasteiger partial charge in [0.15, 0.2) is 17.5 Å². The molecule has 18 heavy (non-hydrogen) atoms. The van der Waals surface area contributed by atoms with Crippen LogP contribution in [-0.2, 0) is 5.41 Å². The molecule has 1 heterocycles. The van der Waals surface area contributed by atoms with E-state index >= 15 is 0 Å². The summed E-state index contributed by atoms with van der Waals surface area (Å²) in [6.45, 7) is 5.62. The summed E-state index contributed by atoms with van der Waals surface area (Å²) in [7, 11) is 0. The number of nitrogens with zero attached hydrogens (tertiary/aromatic N) is 1. The van der Waals surface area contributed by atoms with Gasteiger partial charge in [0.2, 0.25) is 0 Å². The molecule has 5 heteroatoms. The first kappa shape index (κ1) is 12.7. The van der Waals surface area contributed by atoms with Crippen LogP contribution in [-0.4, -0.2) is 4.98 Å². The number of pyridine rings is 1. The van der Waals surface area contributed by atoms with Crippen LogP contribution in [0.15, 0.2) is 12.1 Å². The number of anilines is 1. The highest BCUT2D eigenvalue weighted by Crippen LogP contribution is 2.30. The van der Waals surface area contributed by atoms with E-state index in [9.17, 15) is 13.2 Å². The molecule has 2 aromatic rings. The smallest absolute Gasteiger partial charge is 0.196 e. The molecule has 0 unspecified atom stereocenters. The maximum atomic E-state index is 13.7. The van der Waals surface area contributed by atoms with Crippen LogP contribution < -0.4 is 5.73 Å². The number of fused-ring (bicyclic) bond motifs is 1. The molecule has 2 rings (SSSR count). The largest absolute Gasteiger partial charge is 0.398 e. The van der Waals surface area contributed by atoms with E-state index < -0.39 is 17.5 Å². The Balaban J connectivity index is 2.88. The van der Waals surface area contributed by atoms with E-state index in [0.717, 1.165) is 6.07 Å². The number of hydrogen-bond donors (Lipinski definition) is 1. The number of rotatable bonds is 0. The van der Waals surface area contributed by atoms with Crippen molar-refractivity contribution in [1.82, 2.24) is 4.98 Å². The van der Waals surface area contributed by atoms with Crippen molar-refractivity contribution in [1.29, 1.82) is 0 Å². The highest BCUT2D eigenvalue weighted by molar-refractivity contribution is 5.90. The Morgan fingerprint density at radius 3 is 2.22 bits per heavy atom. The average molecular weight is 254 g/mol. The molecule has 2 N–H and O–H groups in total. The van der Waals surface area contributed by atoms with Crippen molar-refractivity contribution in [3.05, 3.63) is 35.3 Å². The molecular formula is C13H13F3N2. The molecule has 0 aliphatic carbocycles. The van der Waals surface area contributed by atoms with Crippen LogP contribution in [0.25, 0.3) is 10.9 Å². The summed E-state index contributed by atoms with van der Waals surface area (Å²) in [6.07, 6.45) is 0. The number of benzene rings is 1. The fourth-order valence-electron chi connectivity index (χ4n) is 1.68. The molecule has 0 radical (unpaired) electrons. The lowest BCUT2D eigenvalue weighted by Crippen LogP contribution is -2.14. The van der Waals surface area contributed by atoms with Gasteiger partial charge in [0.05, 0.1) is 0 Å². The lowest BCUT2D eigenvalue weighted by atomic mass is 9.91. The molecule has 1 aromatic carbocycles. The fraction of sp³-hybridized carbons (Fsp3) is 0.308. The van der Waals surface area contributed by atoms with Gasteiger partial charge in [-0.3, -0.25) is 0 Å². The highest BCUT2D eigenvalue weighted by atomic mass is 19.2. The van der Waals surface area contributed by atoms with Gasteiger partial charge in [-0.1, -0.05) is 20.8 Å². The third-order valence-electron chi connectivity index (χ3n) is 2.74. The van der Waals surface area contributed by atoms with Crippen LogP contribution in [0.5, 0.6) is 0 Å². The summed E-state index contributed by atoms with van der Waals surface area (Å²) in [5.74, 6) is -4.10. The van der Waals surface area contributed by atoms with E-state index in [-0.39, 0.29) is 22.0 Å². The molecule has 0 aliphatic rings. The van der Waals surface area contributed by atoms with Crippen molar-refractivity contribution in [3.8, 4) is 0 Å². The summed E-state index contributed by atoms with van der Waals surface area (Å²) < 4.78 is 40.0. The Morgan fingerprint density at radius 1 is 1.06 bits per heavy atom. The third kappa shape index (κ3) is 1.89. The number of halogens is 3. The van der Waals surface area contributed by atoms with Crippen LogP contribution in [0, 0.1) is 17.5 Å². The van der Waals surface area contributed by atoms with Crippen LogP contribution in [0.2, 0.25) is 0 Å². The van der Waals surface area contributed by atoms with Crippen molar-refractivity contribution >= 4 is 16.6 Å². The topological polar surface area (TPSA) is 38.9 Å². The first-order valence-electron chi connectivity index (χ1n) is 5.46. The first-order valence-corrected chi connectivity index (χ1v) is 5.46. The Morgan fingerprint density at radius 2 is 1.67 bits per heavy atom. The van der Waals surface area contributed by atoms with Crippen molar-refractivity contribution in [2.45, 2.75) is 26.2 Å². The molecule has 0 fully saturated rings. The van der Waals surface area contributed by atoms with Gasteiger partial charge < -0.3 is 5.73 Å². The Bertz CT molecular complexity index is 630. The molecule has 0 saturated carbocycles. The minimum Gasteiger partial charge on any atom is -0.398 e. The number of aromatic nitrogens is 1. The van der Waals surface area contributed by atoms with Crippen molar-refractivity contribution in [3.63, 3.8) is 0 Å². The summed E-state index contributed by atoms with van der Waals surface area (Å²) in [6, 6.07) is 2.42. The van der Waals surface area contributed by atoms with Crippen LogP contribution in [0.1, 0.15) is 26.5 Å². The second kappa shape index (κ2) is 3.86. The lowest BCUT2D eigenvalue weighted by molar-refractivity contribution is 0.452. The number of nitrogen functional groups attached to an aromatic ring is 1. The normalized spacial score (nSPS) is 12.1. The van der Waals surface area contributed by atoms with E-state index in [0.29, 0.717) is 5.69 Å². The van der Waals surface area contributed by atoms with Crippen LogP contribution in [0.4, 0.5) is 18.9 Å². The Hall–Kier alpha value is -1.78. The maximum Gasteiger partial charge on any atom is 0.196 e. The van der Waals surface area contributed by atoms with E-state index in [1.165, 1.54) is 0 Å². The van der Waals surface area contributed by atoms with E-state index in [1.54, 1.807) is 6.07 Å². The lowest BCUT2D eigenvalue weighted by Gasteiger charge is -2.19. The zero-order chi connectivity index (χ0) is 13.7. The summed E-state index contributed by atoms with van der Waals surface area (Å²) in [5.41, 5.74) is 5.86. The van der Waals surface area contributed by atoms with Gasteiger partial charge in [-0.25, -0.2) is 18.2 Å². The molecule has 0 atom stereocenters. The summed E-state index contributed by atoms with van der Waals surface area (Å²) in [5, 5.41) is 0.0828. The fourth-order valence-corrected chi connectivity index (χ4v) is 1.68. The molecule has 0 bridgehead atoms. The summed E-state index contributed by atoms with van der Waals surface area (Å²) >= 11 is 0. The van der Waals surface area contributed by atoms with Crippen LogP contribution in [0.3, 0.4) is 0 Å². The first-order chi connectivity index (χ1) is 8.21. The van der Waals surface area contributed by atoms with E-state index in [2.05, 4.69) is 4.98 Å². The van der Waals surface area contributed by atoms with Gasteiger partial charge in [-0.05, 0) is 12.1 Å². The molecular weight excluding hydrogens is 241 g/mol. The minimum atomic E-state index is -1.53. The zero-order valence-electron chi connectivity index (χ0n) is 10.3. The predicted octanol–water partition coefficient (Wildman–Crippen LogP) is 3.53. The Labute approximate surface area is 103 Å². The van der Waals surface area contributed by atoms with Crippen LogP contribution >= 0.6 is 0 Å². The molecule has 1 aromatic heterocycles. The Kier molecular flexibility index (Phi) is 2.72. The third-order valence-corrected chi connectivity index (χ3v) is 2.74. The predicted molar refractivity (Wildman–Crippen MR) is 64.7 cm³/mol. The maximum absolute atomic E-state index is 13.7. The van der Waals surface area contributed by atoms with E-state index in [1.807, 2.05) is 20.8 Å². The standard InChI is InChI=1S/C13H13F3N2/c1-13(2,3)9-5-8(17)6-4-7(14)10(15)11(16)12(6)18-9/h4-5H,1-3H3,(H2,17,18). The van der Waals surface area contributed by atoms with Gasteiger partial charge in [-0.15, -0.1) is 0 Å². The second-order valence-corrected chi connectivity index (χ2v) is 5.23. The second-order valence-electron chi connectivity index (χ2n) is 5.23. The van der Waals surface area contributed by atoms with Crippen molar-refractivity contribution < 1.29 is 13.2 Å². The number of nitrogens with two attached hydrogens (primary N) is 1. The molecule has 0 spiro atoms. The van der Waals surface area contributed by atoms with Crippen molar-refractivity contribution in [2.75, 3.05) is 5.73 Å². The number of hydrogen-bond acceptors (Lipinski definition) is 2. The van der Waals surface area contributed by atoms with E-state index in [4.69, 9.17) is 5.73 Å². The van der Waals surface area contributed by atoms with Crippen molar-refractivity contribution in [2.24, 2.45) is 0 Å². The monoisotopic (exact) mass is 254 g/mol. The van der Waals surface area contributed by atoms with Gasteiger partial charge >= 0.3 is 0 Å². The highest BCUT2D eigenvalue weighted by Gasteiger charge is 2.21. The molecule has 96 valence electrons. The zero-order valence-corrected chi connectivity index (χ0v) is 10.3. The molecule has 2 nitrogen and oxygen atoms in total. The SMILES string of the molecule is CC(C)(C)c1cc(N)c2cc(F)c(F)c(F)c2n1. The minimum absolute atomic E-state index is 0.0828. The van der Waals surface area contributed by atoms with Gasteiger partial charge in [0.25, 0.3) is 0 Å². The quantitative estimate of drug-likeness (QED) is 0.730. The molecule has 0 aliphatic heterocycles. The van der Waals surface area contributed by atoms with Gasteiger partial charge in [0, 0.05) is 22.2 Å². The van der Waals surface area contributed by atoms with Gasteiger partial charge in [0.1, 0.15) is 5.52 Å².